The Bertz CT molecular complexity index is 1420. The van der Waals surface area contributed by atoms with Crippen LogP contribution in [0.1, 0.15) is 5.69 Å². The number of nitrogens with zero attached hydrogens (tertiary/aromatic N) is 3. The van der Waals surface area contributed by atoms with Crippen LogP contribution in [0.5, 0.6) is 5.75 Å². The number of benzene rings is 2. The summed E-state index contributed by atoms with van der Waals surface area (Å²) in [5.74, 6) is -2.83. The molecule has 0 saturated heterocycles. The number of anilines is 2. The van der Waals surface area contributed by atoms with Crippen molar-refractivity contribution in [1.29, 1.82) is 0 Å². The lowest BCUT2D eigenvalue weighted by atomic mass is 10.2. The number of thioether (sulfide) groups is 1. The Morgan fingerprint density at radius 3 is 2.62 bits per heavy atom. The molecule has 0 amide bonds. The highest BCUT2D eigenvalue weighted by Crippen LogP contribution is 2.27. The van der Waals surface area contributed by atoms with Gasteiger partial charge in [-0.2, -0.15) is 13.2 Å². The number of alkyl halides is 3. The van der Waals surface area contributed by atoms with Gasteiger partial charge in [0.1, 0.15) is 11.1 Å². The zero-order chi connectivity index (χ0) is 23.0. The molecule has 2 aromatic heterocycles. The number of rotatable bonds is 4. The summed E-state index contributed by atoms with van der Waals surface area (Å²) in [4.78, 5) is 40.1. The summed E-state index contributed by atoms with van der Waals surface area (Å²) in [5, 5.41) is 3.38. The third kappa shape index (κ3) is 4.21. The number of hydrogen-bond acceptors (Lipinski definition) is 8. The van der Waals surface area contributed by atoms with Crippen LogP contribution < -0.4 is 15.6 Å². The van der Waals surface area contributed by atoms with Crippen molar-refractivity contribution in [1.82, 2.24) is 19.9 Å². The molecule has 0 radical (unpaired) electrons. The molecule has 8 nitrogen and oxygen atoms in total. The number of aryl methyl sites for hydroxylation is 1. The molecule has 164 valence electrons. The summed E-state index contributed by atoms with van der Waals surface area (Å²) >= 11 is 1.59. The molecule has 4 aromatic rings. The monoisotopic (exact) mass is 461 g/mol. The molecule has 2 heterocycles. The number of esters is 1. The van der Waals surface area contributed by atoms with Crippen LogP contribution in [0.2, 0.25) is 0 Å². The van der Waals surface area contributed by atoms with Crippen molar-refractivity contribution in [2.45, 2.75) is 18.0 Å². The predicted molar refractivity (Wildman–Crippen MR) is 113 cm³/mol. The molecule has 32 heavy (non-hydrogen) atoms. The maximum atomic E-state index is 12.5. The SMILES string of the molecule is CSc1ccc2nc(Nc3nc4cccc(OC(=O)C(F)(F)F)c4c(=O)[nH]3)nc(C)c2c1. The molecule has 12 heteroatoms. The summed E-state index contributed by atoms with van der Waals surface area (Å²) in [5.41, 5.74) is 0.608. The first-order valence-corrected chi connectivity index (χ1v) is 10.3. The minimum Gasteiger partial charge on any atom is -0.419 e. The van der Waals surface area contributed by atoms with Gasteiger partial charge in [0.05, 0.1) is 16.7 Å². The molecule has 0 unspecified atom stereocenters. The van der Waals surface area contributed by atoms with Gasteiger partial charge in [-0.25, -0.2) is 19.7 Å². The zero-order valence-electron chi connectivity index (χ0n) is 16.6. The Balaban J connectivity index is 1.70. The lowest BCUT2D eigenvalue weighted by molar-refractivity contribution is -0.189. The van der Waals surface area contributed by atoms with Gasteiger partial charge in [0.2, 0.25) is 11.9 Å². The second-order valence-corrected chi connectivity index (χ2v) is 7.47. The first-order valence-electron chi connectivity index (χ1n) is 9.07. The van der Waals surface area contributed by atoms with E-state index in [0.717, 1.165) is 16.3 Å². The van der Waals surface area contributed by atoms with Crippen LogP contribution in [-0.4, -0.2) is 38.3 Å². The van der Waals surface area contributed by atoms with E-state index in [1.54, 1.807) is 11.8 Å². The smallest absolute Gasteiger partial charge is 0.419 e. The summed E-state index contributed by atoms with van der Waals surface area (Å²) in [6, 6.07) is 9.53. The van der Waals surface area contributed by atoms with Crippen LogP contribution in [0.3, 0.4) is 0 Å². The fourth-order valence-corrected chi connectivity index (χ4v) is 3.45. The van der Waals surface area contributed by atoms with E-state index in [-0.39, 0.29) is 22.8 Å². The second-order valence-electron chi connectivity index (χ2n) is 6.59. The van der Waals surface area contributed by atoms with Gasteiger partial charge >= 0.3 is 12.1 Å². The van der Waals surface area contributed by atoms with E-state index >= 15 is 0 Å². The average molecular weight is 461 g/mol. The van der Waals surface area contributed by atoms with Gasteiger partial charge in [0, 0.05) is 10.3 Å². The van der Waals surface area contributed by atoms with Crippen LogP contribution in [0.25, 0.3) is 21.8 Å². The maximum absolute atomic E-state index is 12.5. The molecule has 0 saturated carbocycles. The number of aromatic nitrogens is 4. The lowest BCUT2D eigenvalue weighted by Gasteiger charge is -2.11. The van der Waals surface area contributed by atoms with Crippen molar-refractivity contribution in [3.05, 3.63) is 52.4 Å². The van der Waals surface area contributed by atoms with Gasteiger partial charge in [-0.15, -0.1) is 11.8 Å². The number of carbonyl (C=O) groups is 1. The molecular weight excluding hydrogens is 447 g/mol. The Hall–Kier alpha value is -3.67. The Labute approximate surface area is 182 Å². The van der Waals surface area contributed by atoms with E-state index in [9.17, 15) is 22.8 Å². The van der Waals surface area contributed by atoms with Gasteiger partial charge in [-0.3, -0.25) is 15.1 Å². The highest BCUT2D eigenvalue weighted by Gasteiger charge is 2.41. The van der Waals surface area contributed by atoms with Gasteiger partial charge in [0.25, 0.3) is 5.56 Å². The molecule has 0 bridgehead atoms. The molecule has 0 aliphatic rings. The van der Waals surface area contributed by atoms with Crippen molar-refractivity contribution < 1.29 is 22.7 Å². The van der Waals surface area contributed by atoms with E-state index < -0.39 is 23.5 Å². The molecule has 4 rings (SSSR count). The van der Waals surface area contributed by atoms with Crippen LogP contribution >= 0.6 is 11.8 Å². The summed E-state index contributed by atoms with van der Waals surface area (Å²) in [6.45, 7) is 1.82. The number of nitrogens with one attached hydrogen (secondary N) is 2. The van der Waals surface area contributed by atoms with Crippen LogP contribution in [0.4, 0.5) is 25.1 Å². The summed E-state index contributed by atoms with van der Waals surface area (Å²) < 4.78 is 41.9. The van der Waals surface area contributed by atoms with E-state index in [2.05, 4.69) is 30.0 Å². The minimum atomic E-state index is -5.20. The van der Waals surface area contributed by atoms with Crippen LogP contribution in [0, 0.1) is 6.92 Å². The largest absolute Gasteiger partial charge is 0.491 e. The van der Waals surface area contributed by atoms with Crippen molar-refractivity contribution in [3.8, 4) is 5.75 Å². The van der Waals surface area contributed by atoms with Crippen LogP contribution in [0.15, 0.2) is 46.1 Å². The molecule has 2 aromatic carbocycles. The van der Waals surface area contributed by atoms with Crippen molar-refractivity contribution in [3.63, 3.8) is 0 Å². The zero-order valence-corrected chi connectivity index (χ0v) is 17.4. The Morgan fingerprint density at radius 1 is 1.12 bits per heavy atom. The molecule has 0 aliphatic carbocycles. The fraction of sp³-hybridized carbons (Fsp3) is 0.150. The number of carbonyl (C=O) groups excluding carboxylic acids is 1. The van der Waals surface area contributed by atoms with E-state index in [0.29, 0.717) is 11.2 Å². The third-order valence-electron chi connectivity index (χ3n) is 4.45. The molecule has 0 atom stereocenters. The standard InChI is InChI=1S/C20H14F3N5O3S/c1-9-11-8-10(32-2)6-7-12(11)25-18(24-9)28-19-26-13-4-3-5-14(15(13)16(29)27-19)31-17(30)20(21,22)23/h3-8H,1-2H3,(H2,24,25,26,27,28,29). The van der Waals surface area contributed by atoms with Crippen molar-refractivity contribution in [2.24, 2.45) is 0 Å². The number of aromatic amines is 1. The number of fused-ring (bicyclic) bond motifs is 2. The molecular formula is C20H14F3N5O3S. The fourth-order valence-electron chi connectivity index (χ4n) is 3.01. The first-order chi connectivity index (χ1) is 15.2. The Morgan fingerprint density at radius 2 is 1.91 bits per heavy atom. The van der Waals surface area contributed by atoms with E-state index in [4.69, 9.17) is 0 Å². The third-order valence-corrected chi connectivity index (χ3v) is 5.18. The molecule has 0 aliphatic heterocycles. The number of halogens is 3. The Kier molecular flexibility index (Phi) is 5.46. The minimum absolute atomic E-state index is 0.0193. The highest BCUT2D eigenvalue weighted by molar-refractivity contribution is 7.98. The highest BCUT2D eigenvalue weighted by atomic mass is 32.2. The summed E-state index contributed by atoms with van der Waals surface area (Å²) in [6.07, 6.45) is -3.24. The second kappa shape index (κ2) is 8.11. The average Bonchev–Trinajstić information content (AvgIpc) is 2.72. The molecule has 0 fully saturated rings. The van der Waals surface area contributed by atoms with E-state index in [1.165, 1.54) is 12.1 Å². The van der Waals surface area contributed by atoms with E-state index in [1.807, 2.05) is 31.4 Å². The first kappa shape index (κ1) is 21.6. The van der Waals surface area contributed by atoms with Gasteiger partial charge in [-0.05, 0) is 43.5 Å². The van der Waals surface area contributed by atoms with Crippen LogP contribution in [-0.2, 0) is 4.79 Å². The normalized spacial score (nSPS) is 11.7. The van der Waals surface area contributed by atoms with Crippen molar-refractivity contribution >= 4 is 51.4 Å². The molecule has 0 spiro atoms. The number of H-pyrrole nitrogens is 1. The van der Waals surface area contributed by atoms with Gasteiger partial charge < -0.3 is 4.74 Å². The molecule has 2 N–H and O–H groups in total. The number of ether oxygens (including phenoxy) is 1. The lowest BCUT2D eigenvalue weighted by Crippen LogP contribution is -2.28. The topological polar surface area (TPSA) is 110 Å². The van der Waals surface area contributed by atoms with Gasteiger partial charge in [0.15, 0.2) is 0 Å². The quantitative estimate of drug-likeness (QED) is 0.266. The maximum Gasteiger partial charge on any atom is 0.491 e. The van der Waals surface area contributed by atoms with Crippen molar-refractivity contribution in [2.75, 3.05) is 11.6 Å². The number of hydrogen-bond donors (Lipinski definition) is 2. The predicted octanol–water partition coefficient (Wildman–Crippen LogP) is 4.11. The van der Waals surface area contributed by atoms with Gasteiger partial charge in [-0.1, -0.05) is 6.07 Å². The summed E-state index contributed by atoms with van der Waals surface area (Å²) in [7, 11) is 0.